The van der Waals surface area contributed by atoms with Gasteiger partial charge < -0.3 is 15.3 Å². The number of aryl methyl sites for hydroxylation is 4. The zero-order valence-electron chi connectivity index (χ0n) is 33.0. The number of halogens is 3. The van der Waals surface area contributed by atoms with Crippen molar-refractivity contribution in [3.63, 3.8) is 0 Å². The van der Waals surface area contributed by atoms with Gasteiger partial charge in [0, 0.05) is 73.6 Å². The van der Waals surface area contributed by atoms with E-state index < -0.39 is 6.29 Å². The fraction of sp³-hybridized carbons (Fsp3) is 0.356. The molecule has 0 amide bonds. The first-order chi connectivity index (χ1) is 26.5. The van der Waals surface area contributed by atoms with Gasteiger partial charge in [0.1, 0.15) is 0 Å². The molecule has 1 atom stereocenters. The molecule has 0 fully saturated rings. The van der Waals surface area contributed by atoms with Gasteiger partial charge in [0.25, 0.3) is 0 Å². The number of aliphatic hydroxyl groups excluding tert-OH is 2. The minimum absolute atomic E-state index is 0.276. The zero-order chi connectivity index (χ0) is 41.0. The Balaban J connectivity index is 0.000000143. The van der Waals surface area contributed by atoms with Gasteiger partial charge in [-0.2, -0.15) is 0 Å². The summed E-state index contributed by atoms with van der Waals surface area (Å²) in [5, 5.41) is 28.5. The lowest BCUT2D eigenvalue weighted by molar-refractivity contribution is -0.0430. The Labute approximate surface area is 375 Å². The Kier molecular flexibility index (Phi) is 16.6. The van der Waals surface area contributed by atoms with Crippen molar-refractivity contribution in [2.24, 2.45) is 0 Å². The predicted molar refractivity (Wildman–Crippen MR) is 253 cm³/mol. The number of hydrogen-bond acceptors (Lipinski definition) is 8. The number of carbonyl (C=O) groups is 1. The van der Waals surface area contributed by atoms with Crippen molar-refractivity contribution < 1.29 is 20.1 Å². The van der Waals surface area contributed by atoms with Crippen LogP contribution in [0, 0.1) is 55.4 Å². The van der Waals surface area contributed by atoms with Crippen molar-refractivity contribution in [2.75, 3.05) is 23.0 Å². The number of hydrogen-bond donors (Lipinski definition) is 3. The van der Waals surface area contributed by atoms with Crippen LogP contribution in [0.5, 0.6) is 0 Å². The summed E-state index contributed by atoms with van der Waals surface area (Å²) in [4.78, 5) is 17.0. The highest BCUT2D eigenvalue weighted by Crippen LogP contribution is 2.43. The molecule has 0 radical (unpaired) electrons. The second kappa shape index (κ2) is 20.3. The van der Waals surface area contributed by atoms with Crippen LogP contribution in [0.3, 0.4) is 0 Å². The molecule has 4 heterocycles. The van der Waals surface area contributed by atoms with Crippen LogP contribution in [0.25, 0.3) is 12.2 Å². The third-order valence-electron chi connectivity index (χ3n) is 10.2. The number of ketones is 1. The molecule has 4 nitrogen and oxygen atoms in total. The monoisotopic (exact) mass is 1020 g/mol. The van der Waals surface area contributed by atoms with E-state index in [1.54, 1.807) is 23.5 Å². The van der Waals surface area contributed by atoms with E-state index in [1.165, 1.54) is 57.4 Å². The van der Waals surface area contributed by atoms with Crippen LogP contribution in [-0.4, -0.2) is 44.1 Å². The van der Waals surface area contributed by atoms with Gasteiger partial charge in [-0.25, -0.2) is 0 Å². The maximum atomic E-state index is 11.8. The second-order valence-corrected chi connectivity index (χ2v) is 21.0. The average Bonchev–Trinajstić information content (AvgIpc) is 3.17. The topological polar surface area (TPSA) is 77.8 Å². The van der Waals surface area contributed by atoms with Crippen molar-refractivity contribution in [3.05, 3.63) is 122 Å². The molecule has 0 spiro atoms. The number of thioether (sulfide) groups is 4. The summed E-state index contributed by atoms with van der Waals surface area (Å²) in [6, 6.07) is 8.31. The molecule has 0 saturated heterocycles. The van der Waals surface area contributed by atoms with E-state index in [0.717, 1.165) is 71.8 Å². The molecule has 0 aromatic heterocycles. The van der Waals surface area contributed by atoms with Crippen molar-refractivity contribution >= 4 is 113 Å². The zero-order valence-corrected chi connectivity index (χ0v) is 41.1. The highest BCUT2D eigenvalue weighted by Gasteiger charge is 2.24. The standard InChI is InChI=1S/C12H14O2S.C11H13BrOS.C11H11BrOS.C11H11BrS/c1-7-6-10(12(13)14)8(2)9-4-3-5-15-11(7)9;2*1-6-5-8(12)7(2)10-9(13)3-4-14-11(6)10;1-7-6-10(12)8(2)9-4-3-5-13-11(7)9/h3-4,6,12-14H,5H2,1-2H3;5,9,13H,3-4H2,1-2H3;5H,3-4H2,1-2H3;3-4,6H,5H2,1-2H3. The molecular formula is C45H49Br3O4S4. The molecular weight excluding hydrogens is 972 g/mol. The van der Waals surface area contributed by atoms with E-state index in [4.69, 9.17) is 0 Å². The molecule has 0 saturated carbocycles. The Morgan fingerprint density at radius 2 is 1.09 bits per heavy atom. The molecule has 8 rings (SSSR count). The van der Waals surface area contributed by atoms with Crippen LogP contribution in [0.2, 0.25) is 0 Å². The molecule has 56 heavy (non-hydrogen) atoms. The largest absolute Gasteiger partial charge is 0.388 e. The molecule has 298 valence electrons. The van der Waals surface area contributed by atoms with Crippen molar-refractivity contribution in [3.8, 4) is 0 Å². The summed E-state index contributed by atoms with van der Waals surface area (Å²) in [6.07, 6.45) is 8.53. The molecule has 0 bridgehead atoms. The van der Waals surface area contributed by atoms with Gasteiger partial charge in [-0.1, -0.05) is 72.1 Å². The van der Waals surface area contributed by atoms with Gasteiger partial charge in [-0.3, -0.25) is 4.79 Å². The van der Waals surface area contributed by atoms with Gasteiger partial charge in [0.15, 0.2) is 12.1 Å². The fourth-order valence-corrected chi connectivity index (χ4v) is 13.3. The third-order valence-corrected chi connectivity index (χ3v) is 17.6. The first-order valence-electron chi connectivity index (χ1n) is 18.5. The van der Waals surface area contributed by atoms with Crippen LogP contribution in [0.4, 0.5) is 0 Å². The molecule has 3 N–H and O–H groups in total. The lowest BCUT2D eigenvalue weighted by Crippen LogP contribution is -2.11. The summed E-state index contributed by atoms with van der Waals surface area (Å²) in [5.74, 6) is 4.34. The maximum absolute atomic E-state index is 11.8. The van der Waals surface area contributed by atoms with Crippen molar-refractivity contribution in [1.29, 1.82) is 0 Å². The lowest BCUT2D eigenvalue weighted by Gasteiger charge is -2.25. The maximum Gasteiger partial charge on any atom is 0.178 e. The summed E-state index contributed by atoms with van der Waals surface area (Å²) in [6.45, 7) is 16.5. The minimum Gasteiger partial charge on any atom is -0.388 e. The molecule has 4 aliphatic heterocycles. The van der Waals surface area contributed by atoms with E-state index in [1.807, 2.05) is 50.4 Å². The Morgan fingerprint density at radius 3 is 1.68 bits per heavy atom. The normalized spacial score (nSPS) is 16.3. The third kappa shape index (κ3) is 10.4. The molecule has 4 aromatic rings. The van der Waals surface area contributed by atoms with Gasteiger partial charge in [0.2, 0.25) is 0 Å². The van der Waals surface area contributed by atoms with Crippen molar-refractivity contribution in [2.45, 2.75) is 100 Å². The Hall–Kier alpha value is -1.25. The van der Waals surface area contributed by atoms with Crippen molar-refractivity contribution in [1.82, 2.24) is 0 Å². The molecule has 1 unspecified atom stereocenters. The van der Waals surface area contributed by atoms with Gasteiger partial charge in [-0.05, 0) is 147 Å². The summed E-state index contributed by atoms with van der Waals surface area (Å²) < 4.78 is 3.37. The number of Topliss-reactive ketones (excluding diaryl/α,β-unsaturated/α-hetero) is 1. The quantitative estimate of drug-likeness (QED) is 0.163. The SMILES string of the molecule is Cc1cc(Br)c(C)c2c1SCC=C2.Cc1cc(Br)c(C)c2c1SCCC2=O.Cc1cc(Br)c(C)c2c1SCCC2O.Cc1cc(C(O)O)c(C)c2c1SCC=C2. The van der Waals surface area contributed by atoms with Crippen LogP contribution in [-0.2, 0) is 0 Å². The molecule has 11 heteroatoms. The Bertz CT molecular complexity index is 2210. The lowest BCUT2D eigenvalue weighted by atomic mass is 9.98. The highest BCUT2D eigenvalue weighted by atomic mass is 79.9. The summed E-state index contributed by atoms with van der Waals surface area (Å²) in [7, 11) is 0. The van der Waals surface area contributed by atoms with Crippen LogP contribution in [0.15, 0.2) is 69.4 Å². The number of rotatable bonds is 1. The molecule has 0 aliphatic carbocycles. The first kappa shape index (κ1) is 45.8. The fourth-order valence-electron chi connectivity index (χ4n) is 7.10. The predicted octanol–water partition coefficient (Wildman–Crippen LogP) is 13.9. The van der Waals surface area contributed by atoms with Crippen LogP contribution >= 0.6 is 94.8 Å². The van der Waals surface area contributed by atoms with Crippen LogP contribution < -0.4 is 0 Å². The first-order valence-corrected chi connectivity index (χ1v) is 24.8. The van der Waals surface area contributed by atoms with Gasteiger partial charge in [0.05, 0.1) is 6.10 Å². The number of benzene rings is 4. The smallest absolute Gasteiger partial charge is 0.178 e. The summed E-state index contributed by atoms with van der Waals surface area (Å²) >= 11 is 18.0. The van der Waals surface area contributed by atoms with Gasteiger partial charge in [-0.15, -0.1) is 47.0 Å². The highest BCUT2D eigenvalue weighted by molar-refractivity contribution is 9.11. The van der Waals surface area contributed by atoms with Crippen LogP contribution in [0.1, 0.15) is 102 Å². The average molecular weight is 1020 g/mol. The van der Waals surface area contributed by atoms with E-state index in [-0.39, 0.29) is 6.10 Å². The van der Waals surface area contributed by atoms with E-state index in [9.17, 15) is 20.1 Å². The van der Waals surface area contributed by atoms with E-state index >= 15 is 0 Å². The number of carbonyl (C=O) groups excluding carboxylic acids is 1. The minimum atomic E-state index is -1.38. The molecule has 4 aliphatic rings. The number of aliphatic hydroxyl groups is 3. The van der Waals surface area contributed by atoms with Gasteiger partial charge >= 0.3 is 0 Å². The summed E-state index contributed by atoms with van der Waals surface area (Å²) in [5.41, 5.74) is 14.8. The molecule has 4 aromatic carbocycles. The number of fused-ring (bicyclic) bond motifs is 4. The Morgan fingerprint density at radius 1 is 0.607 bits per heavy atom. The second-order valence-electron chi connectivity index (χ2n) is 14.2. The van der Waals surface area contributed by atoms with E-state index in [0.29, 0.717) is 17.8 Å². The van der Waals surface area contributed by atoms with E-state index in [2.05, 4.69) is 125 Å².